The van der Waals surface area contributed by atoms with Crippen LogP contribution in [0.4, 0.5) is 26.3 Å². The maximum atomic E-state index is 12.6. The van der Waals surface area contributed by atoms with Gasteiger partial charge in [0.1, 0.15) is 23.5 Å². The molecule has 0 saturated heterocycles. The predicted octanol–water partition coefficient (Wildman–Crippen LogP) is 5.21. The Morgan fingerprint density at radius 2 is 1.43 bits per heavy atom. The first-order valence-corrected chi connectivity index (χ1v) is 8.36. The molecule has 2 rings (SSSR count). The second-order valence-corrected chi connectivity index (χ2v) is 5.91. The maximum absolute atomic E-state index is 12.6. The van der Waals surface area contributed by atoms with E-state index in [2.05, 4.69) is 4.74 Å². The monoisotopic (exact) mass is 434 g/mol. The first kappa shape index (κ1) is 23.1. The van der Waals surface area contributed by atoms with Crippen LogP contribution >= 0.6 is 0 Å². The highest BCUT2D eigenvalue weighted by molar-refractivity contribution is 5.91. The van der Waals surface area contributed by atoms with E-state index in [1.54, 1.807) is 12.1 Å². The summed E-state index contributed by atoms with van der Waals surface area (Å²) in [6.07, 6.45) is -7.79. The first-order chi connectivity index (χ1) is 14.0. The number of hydrogen-bond acceptors (Lipinski definition) is 4. The Morgan fingerprint density at radius 3 is 1.97 bits per heavy atom. The Labute approximate surface area is 167 Å². The molecule has 0 radical (unpaired) electrons. The molecule has 2 aromatic carbocycles. The number of methoxy groups -OCH3 is 1. The number of allylic oxidation sites excluding steroid dienone is 1. The molecule has 0 unspecified atom stereocenters. The molecule has 0 bridgehead atoms. The van der Waals surface area contributed by atoms with Gasteiger partial charge in [-0.3, -0.25) is 4.79 Å². The van der Waals surface area contributed by atoms with Crippen molar-refractivity contribution in [3.8, 4) is 17.2 Å². The molecule has 0 N–H and O–H groups in total. The highest BCUT2D eigenvalue weighted by atomic mass is 19.4. The summed E-state index contributed by atoms with van der Waals surface area (Å²) >= 11 is 0. The van der Waals surface area contributed by atoms with Crippen molar-refractivity contribution < 1.29 is 45.3 Å². The molecule has 0 atom stereocenters. The first-order valence-electron chi connectivity index (χ1n) is 8.36. The number of halogens is 6. The van der Waals surface area contributed by atoms with Crippen LogP contribution in [0.25, 0.3) is 5.57 Å². The lowest BCUT2D eigenvalue weighted by molar-refractivity contribution is -0.154. The van der Waals surface area contributed by atoms with Crippen LogP contribution in [0.15, 0.2) is 48.5 Å². The zero-order valence-corrected chi connectivity index (χ0v) is 15.5. The molecule has 0 heterocycles. The number of alkyl halides is 6. The van der Waals surface area contributed by atoms with Crippen LogP contribution in [-0.2, 0) is 4.79 Å². The van der Waals surface area contributed by atoms with Gasteiger partial charge in [0.25, 0.3) is 0 Å². The third-order valence-electron chi connectivity index (χ3n) is 3.67. The Bertz CT molecular complexity index is 886. The van der Waals surface area contributed by atoms with Gasteiger partial charge in [-0.25, -0.2) is 0 Å². The third kappa shape index (κ3) is 7.02. The van der Waals surface area contributed by atoms with Crippen molar-refractivity contribution in [3.63, 3.8) is 0 Å². The van der Waals surface area contributed by atoms with Gasteiger partial charge in [0, 0.05) is 5.56 Å². The van der Waals surface area contributed by atoms with Crippen LogP contribution in [0.1, 0.15) is 11.1 Å². The van der Waals surface area contributed by atoms with Gasteiger partial charge >= 0.3 is 12.4 Å². The molecule has 0 aliphatic heterocycles. The molecule has 0 amide bonds. The largest absolute Gasteiger partial charge is 0.497 e. The Hall–Kier alpha value is -3.17. The van der Waals surface area contributed by atoms with Crippen molar-refractivity contribution in [3.05, 3.63) is 59.7 Å². The van der Waals surface area contributed by atoms with E-state index >= 15 is 0 Å². The van der Waals surface area contributed by atoms with Crippen LogP contribution in [0.3, 0.4) is 0 Å². The van der Waals surface area contributed by atoms with Crippen LogP contribution < -0.4 is 14.2 Å². The second-order valence-electron chi connectivity index (χ2n) is 5.91. The van der Waals surface area contributed by atoms with E-state index in [9.17, 15) is 31.1 Å². The molecule has 0 saturated carbocycles. The van der Waals surface area contributed by atoms with E-state index in [1.807, 2.05) is 0 Å². The Morgan fingerprint density at radius 1 is 0.867 bits per heavy atom. The van der Waals surface area contributed by atoms with E-state index in [1.165, 1.54) is 19.2 Å². The number of hydrogen-bond donors (Lipinski definition) is 0. The van der Waals surface area contributed by atoms with E-state index in [0.29, 0.717) is 17.6 Å². The summed E-state index contributed by atoms with van der Waals surface area (Å²) in [5, 5.41) is 0. The molecule has 0 aromatic heterocycles. The molecular weight excluding hydrogens is 418 g/mol. The van der Waals surface area contributed by atoms with Crippen molar-refractivity contribution in [2.75, 3.05) is 20.3 Å². The molecule has 4 nitrogen and oxygen atoms in total. The molecular formula is C20H16F6O4. The fourth-order valence-electron chi connectivity index (χ4n) is 2.44. The third-order valence-corrected chi connectivity index (χ3v) is 3.67. The van der Waals surface area contributed by atoms with E-state index < -0.39 is 25.6 Å². The molecule has 0 aliphatic rings. The quantitative estimate of drug-likeness (QED) is 0.325. The van der Waals surface area contributed by atoms with Crippen LogP contribution in [0, 0.1) is 0 Å². The van der Waals surface area contributed by atoms with Gasteiger partial charge < -0.3 is 14.2 Å². The predicted molar refractivity (Wildman–Crippen MR) is 95.7 cm³/mol. The van der Waals surface area contributed by atoms with Crippen molar-refractivity contribution in [2.24, 2.45) is 0 Å². The second kappa shape index (κ2) is 9.55. The van der Waals surface area contributed by atoms with Gasteiger partial charge in [0.05, 0.1) is 7.11 Å². The number of rotatable bonds is 8. The number of carbonyl (C=O) groups excluding carboxylic acids is 1. The molecule has 10 heteroatoms. The molecule has 30 heavy (non-hydrogen) atoms. The summed E-state index contributed by atoms with van der Waals surface area (Å²) in [4.78, 5) is 11.2. The molecule has 162 valence electrons. The number of ether oxygens (including phenoxy) is 3. The lowest BCUT2D eigenvalue weighted by Crippen LogP contribution is -2.20. The highest BCUT2D eigenvalue weighted by Crippen LogP contribution is 2.36. The summed E-state index contributed by atoms with van der Waals surface area (Å²) in [5.41, 5.74) is 0.478. The molecule has 2 aromatic rings. The van der Waals surface area contributed by atoms with Gasteiger partial charge in [-0.2, -0.15) is 26.3 Å². The van der Waals surface area contributed by atoms with Gasteiger partial charge in [-0.1, -0.05) is 12.1 Å². The fourth-order valence-corrected chi connectivity index (χ4v) is 2.44. The van der Waals surface area contributed by atoms with Gasteiger partial charge in [-0.05, 0) is 47.5 Å². The standard InChI is InChI=1S/C20H16F6O4/c1-28-14-4-2-13(3-5-14)16(8-9-27)17-10-15(29-11-19(21,22)23)6-7-18(17)30-12-20(24,25)26/h2-10H,11-12H2,1H3. The lowest BCUT2D eigenvalue weighted by atomic mass is 9.96. The van der Waals surface area contributed by atoms with Crippen molar-refractivity contribution >= 4 is 11.9 Å². The molecule has 0 spiro atoms. The molecule has 0 aliphatic carbocycles. The number of benzene rings is 2. The van der Waals surface area contributed by atoms with Gasteiger partial charge in [-0.15, -0.1) is 0 Å². The van der Waals surface area contributed by atoms with Crippen LogP contribution in [-0.4, -0.2) is 39.0 Å². The lowest BCUT2D eigenvalue weighted by Gasteiger charge is -2.17. The minimum Gasteiger partial charge on any atom is -0.497 e. The van der Waals surface area contributed by atoms with Crippen LogP contribution in [0.5, 0.6) is 17.2 Å². The van der Waals surface area contributed by atoms with E-state index in [0.717, 1.165) is 24.3 Å². The topological polar surface area (TPSA) is 44.8 Å². The SMILES string of the molecule is COc1ccc(C(=CC=O)c2cc(OCC(F)(F)F)ccc2OCC(F)(F)F)cc1. The minimum atomic E-state index is -4.64. The smallest absolute Gasteiger partial charge is 0.422 e. The average molecular weight is 434 g/mol. The summed E-state index contributed by atoms with van der Waals surface area (Å²) in [7, 11) is 1.43. The summed E-state index contributed by atoms with van der Waals surface area (Å²) in [5.74, 6) is -0.0531. The maximum Gasteiger partial charge on any atom is 0.422 e. The zero-order valence-electron chi connectivity index (χ0n) is 15.5. The summed E-state index contributed by atoms with van der Waals surface area (Å²) in [6, 6.07) is 9.35. The normalized spacial score (nSPS) is 12.4. The summed E-state index contributed by atoms with van der Waals surface area (Å²) < 4.78 is 89.7. The summed E-state index contributed by atoms with van der Waals surface area (Å²) in [6.45, 7) is -3.22. The van der Waals surface area contributed by atoms with Crippen molar-refractivity contribution in [1.82, 2.24) is 0 Å². The van der Waals surface area contributed by atoms with Gasteiger partial charge in [0.15, 0.2) is 13.2 Å². The van der Waals surface area contributed by atoms with E-state index in [-0.39, 0.29) is 22.6 Å². The number of aldehydes is 1. The zero-order chi connectivity index (χ0) is 22.4. The fraction of sp³-hybridized carbons (Fsp3) is 0.250. The average Bonchev–Trinajstić information content (AvgIpc) is 2.68. The Balaban J connectivity index is 2.50. The molecule has 0 fully saturated rings. The highest BCUT2D eigenvalue weighted by Gasteiger charge is 2.30. The van der Waals surface area contributed by atoms with Crippen molar-refractivity contribution in [2.45, 2.75) is 12.4 Å². The number of carbonyl (C=O) groups is 1. The van der Waals surface area contributed by atoms with E-state index in [4.69, 9.17) is 9.47 Å². The van der Waals surface area contributed by atoms with Crippen LogP contribution in [0.2, 0.25) is 0 Å². The van der Waals surface area contributed by atoms with Gasteiger partial charge in [0.2, 0.25) is 0 Å². The van der Waals surface area contributed by atoms with Crippen molar-refractivity contribution in [1.29, 1.82) is 0 Å². The minimum absolute atomic E-state index is 0.0452. The Kier molecular flexibility index (Phi) is 7.36.